The molecule has 1 N–H and O–H groups in total. The van der Waals surface area contributed by atoms with Crippen molar-refractivity contribution in [3.63, 3.8) is 0 Å². The van der Waals surface area contributed by atoms with Crippen LogP contribution in [0.5, 0.6) is 0 Å². The Morgan fingerprint density at radius 1 is 1.23 bits per heavy atom. The number of nitriles is 1. The number of aromatic amines is 1. The van der Waals surface area contributed by atoms with Crippen LogP contribution < -0.4 is 0 Å². The van der Waals surface area contributed by atoms with E-state index in [0.29, 0.717) is 0 Å². The van der Waals surface area contributed by atoms with Gasteiger partial charge >= 0.3 is 0 Å². The minimum absolute atomic E-state index is 0.298. The summed E-state index contributed by atoms with van der Waals surface area (Å²) in [5.41, 5.74) is 1.86. The smallest absolute Gasteiger partial charge is 0.141 e. The second kappa shape index (κ2) is 6.61. The van der Waals surface area contributed by atoms with E-state index < -0.39 is 0 Å². The molecule has 1 aromatic heterocycles. The van der Waals surface area contributed by atoms with Crippen molar-refractivity contribution in [2.45, 2.75) is 6.04 Å². The molecule has 0 spiro atoms. The first kappa shape index (κ1) is 15.2. The second-order valence-electron chi connectivity index (χ2n) is 5.53. The van der Waals surface area contributed by atoms with Gasteiger partial charge in [0.05, 0.1) is 11.8 Å². The van der Waals surface area contributed by atoms with Crippen molar-refractivity contribution in [3.05, 3.63) is 40.6 Å². The van der Waals surface area contributed by atoms with E-state index in [-0.39, 0.29) is 6.04 Å². The summed E-state index contributed by atoms with van der Waals surface area (Å²) in [6, 6.07) is 12.1. The van der Waals surface area contributed by atoms with Gasteiger partial charge in [0.1, 0.15) is 16.5 Å². The number of benzene rings is 1. The molecule has 0 radical (unpaired) electrons. The second-order valence-corrected chi connectivity index (χ2v) is 6.28. The molecule has 2 aromatic rings. The number of nitrogens with zero attached hydrogens (tertiary/aromatic N) is 4. The summed E-state index contributed by atoms with van der Waals surface area (Å²) in [7, 11) is 2.11. The zero-order valence-electron chi connectivity index (χ0n) is 12.5. The van der Waals surface area contributed by atoms with Crippen molar-refractivity contribution >= 4 is 15.9 Å². The van der Waals surface area contributed by atoms with Crippen LogP contribution in [0.4, 0.5) is 0 Å². The third kappa shape index (κ3) is 3.07. The van der Waals surface area contributed by atoms with Crippen LogP contribution in [0.3, 0.4) is 0 Å². The molecule has 1 aromatic carbocycles. The van der Waals surface area contributed by atoms with Crippen molar-refractivity contribution in [3.8, 4) is 17.5 Å². The number of hydrogen-bond acceptors (Lipinski definition) is 4. The van der Waals surface area contributed by atoms with Gasteiger partial charge in [0.15, 0.2) is 0 Å². The first-order valence-electron chi connectivity index (χ1n) is 7.32. The van der Waals surface area contributed by atoms with Gasteiger partial charge in [-0.3, -0.25) is 4.90 Å². The number of rotatable bonds is 3. The average Bonchev–Trinajstić information content (AvgIpc) is 2.93. The van der Waals surface area contributed by atoms with E-state index in [1.807, 2.05) is 30.3 Å². The van der Waals surface area contributed by atoms with Crippen LogP contribution in [0, 0.1) is 11.3 Å². The summed E-state index contributed by atoms with van der Waals surface area (Å²) < 4.78 is 0.719. The largest absolute Gasteiger partial charge is 0.339 e. The molecule has 2 heterocycles. The lowest BCUT2D eigenvalue weighted by Crippen LogP contribution is -2.45. The van der Waals surface area contributed by atoms with Gasteiger partial charge in [-0.25, -0.2) is 4.98 Å². The number of halogens is 1. The molecular weight excluding hydrogens is 342 g/mol. The molecule has 1 saturated heterocycles. The van der Waals surface area contributed by atoms with Gasteiger partial charge in [0, 0.05) is 31.7 Å². The molecule has 1 aliphatic rings. The Morgan fingerprint density at radius 3 is 2.55 bits per heavy atom. The summed E-state index contributed by atoms with van der Waals surface area (Å²) in [5.74, 6) is 0.789. The Kier molecular flexibility index (Phi) is 4.57. The maximum absolute atomic E-state index is 9.63. The first-order valence-corrected chi connectivity index (χ1v) is 8.11. The van der Waals surface area contributed by atoms with Gasteiger partial charge < -0.3 is 9.88 Å². The Labute approximate surface area is 138 Å². The molecule has 22 heavy (non-hydrogen) atoms. The van der Waals surface area contributed by atoms with Gasteiger partial charge in [-0.1, -0.05) is 30.3 Å². The van der Waals surface area contributed by atoms with Crippen LogP contribution in [0.2, 0.25) is 0 Å². The summed E-state index contributed by atoms with van der Waals surface area (Å²) in [5, 5.41) is 9.63. The fourth-order valence-electron chi connectivity index (χ4n) is 2.69. The van der Waals surface area contributed by atoms with E-state index in [1.54, 1.807) is 0 Å². The van der Waals surface area contributed by atoms with E-state index in [4.69, 9.17) is 0 Å². The monoisotopic (exact) mass is 359 g/mol. The highest BCUT2D eigenvalue weighted by atomic mass is 79.9. The highest BCUT2D eigenvalue weighted by Crippen LogP contribution is 2.29. The van der Waals surface area contributed by atoms with Gasteiger partial charge in [0.25, 0.3) is 0 Å². The zero-order chi connectivity index (χ0) is 15.5. The predicted octanol–water partition coefficient (Wildman–Crippen LogP) is 2.65. The van der Waals surface area contributed by atoms with Gasteiger partial charge in [-0.05, 0) is 23.0 Å². The summed E-state index contributed by atoms with van der Waals surface area (Å²) in [6.45, 7) is 3.74. The zero-order valence-corrected chi connectivity index (χ0v) is 14.0. The lowest BCUT2D eigenvalue weighted by atomic mass is 10.2. The minimum Gasteiger partial charge on any atom is -0.339 e. The third-order valence-electron chi connectivity index (χ3n) is 4.03. The number of likely N-dealkylation sites (N-methyl/N-ethyl adjacent to an activating group) is 1. The van der Waals surface area contributed by atoms with Crippen LogP contribution in [0.25, 0.3) is 11.4 Å². The Hall–Kier alpha value is -1.68. The molecule has 0 amide bonds. The molecule has 0 aliphatic carbocycles. The number of H-pyrrole nitrogens is 1. The van der Waals surface area contributed by atoms with Crippen LogP contribution in [0.1, 0.15) is 11.7 Å². The summed E-state index contributed by atoms with van der Waals surface area (Å²) >= 11 is 3.50. The number of imidazole rings is 1. The molecule has 3 rings (SSSR count). The van der Waals surface area contributed by atoms with E-state index in [9.17, 15) is 5.26 Å². The highest BCUT2D eigenvalue weighted by Gasteiger charge is 2.27. The highest BCUT2D eigenvalue weighted by molar-refractivity contribution is 9.10. The number of hydrogen-bond donors (Lipinski definition) is 1. The average molecular weight is 360 g/mol. The molecule has 5 nitrogen and oxygen atoms in total. The minimum atomic E-state index is -0.298. The van der Waals surface area contributed by atoms with Crippen LogP contribution in [0.15, 0.2) is 34.9 Å². The molecule has 6 heteroatoms. The molecule has 0 saturated carbocycles. The third-order valence-corrected chi connectivity index (χ3v) is 4.64. The Morgan fingerprint density at radius 2 is 1.91 bits per heavy atom. The van der Waals surface area contributed by atoms with Crippen molar-refractivity contribution < 1.29 is 0 Å². The fourth-order valence-corrected chi connectivity index (χ4v) is 3.18. The molecule has 114 valence electrons. The maximum atomic E-state index is 9.63. The maximum Gasteiger partial charge on any atom is 0.141 e. The summed E-state index contributed by atoms with van der Waals surface area (Å²) in [6.07, 6.45) is 0. The number of piperazine rings is 1. The summed E-state index contributed by atoms with van der Waals surface area (Å²) in [4.78, 5) is 12.3. The normalized spacial score (nSPS) is 18.0. The predicted molar refractivity (Wildman–Crippen MR) is 89.1 cm³/mol. The number of aromatic nitrogens is 2. The van der Waals surface area contributed by atoms with E-state index in [2.05, 4.69) is 48.8 Å². The van der Waals surface area contributed by atoms with Crippen molar-refractivity contribution in [2.75, 3.05) is 33.2 Å². The molecule has 1 aliphatic heterocycles. The Balaban J connectivity index is 1.87. The molecule has 0 bridgehead atoms. The fraction of sp³-hybridized carbons (Fsp3) is 0.375. The van der Waals surface area contributed by atoms with Crippen molar-refractivity contribution in [1.82, 2.24) is 19.8 Å². The quantitative estimate of drug-likeness (QED) is 0.914. The molecular formula is C16H18BrN5. The number of nitrogens with one attached hydrogen (secondary N) is 1. The molecule has 1 fully saturated rings. The first-order chi connectivity index (χ1) is 10.7. The molecule has 1 atom stereocenters. The SMILES string of the molecule is CN1CCN(C(C#N)c2[nH]c(-c3ccccc3)nc2Br)CC1. The van der Waals surface area contributed by atoms with Crippen molar-refractivity contribution in [1.29, 1.82) is 5.26 Å². The van der Waals surface area contributed by atoms with E-state index in [1.165, 1.54) is 0 Å². The van der Waals surface area contributed by atoms with Crippen molar-refractivity contribution in [2.24, 2.45) is 0 Å². The molecule has 1 unspecified atom stereocenters. The van der Waals surface area contributed by atoms with Gasteiger partial charge in [0.2, 0.25) is 0 Å². The Bertz CT molecular complexity index is 668. The van der Waals surface area contributed by atoms with Crippen LogP contribution in [-0.4, -0.2) is 53.0 Å². The topological polar surface area (TPSA) is 59.0 Å². The lowest BCUT2D eigenvalue weighted by molar-refractivity contribution is 0.131. The van der Waals surface area contributed by atoms with Gasteiger partial charge in [-0.2, -0.15) is 5.26 Å². The van der Waals surface area contributed by atoms with Crippen LogP contribution >= 0.6 is 15.9 Å². The van der Waals surface area contributed by atoms with E-state index >= 15 is 0 Å². The standard InChI is InChI=1S/C16H18BrN5/c1-21-7-9-22(10-8-21)13(11-18)14-15(17)20-16(19-14)12-5-3-2-4-6-12/h2-6,13H,7-10H2,1H3,(H,19,20). The lowest BCUT2D eigenvalue weighted by Gasteiger charge is -2.34. The van der Waals surface area contributed by atoms with Gasteiger partial charge in [-0.15, -0.1) is 0 Å². The van der Waals surface area contributed by atoms with E-state index in [0.717, 1.165) is 47.9 Å². The van der Waals surface area contributed by atoms with Crippen LogP contribution in [-0.2, 0) is 0 Å².